The van der Waals surface area contributed by atoms with Crippen LogP contribution in [0.25, 0.3) is 22.3 Å². The average molecular weight is 446 g/mol. The molecule has 0 N–H and O–H groups in total. The summed E-state index contributed by atoms with van der Waals surface area (Å²) in [5.74, 6) is -0.149. The number of halogens is 1. The number of methoxy groups -OCH3 is 1. The Kier molecular flexibility index (Phi) is 5.26. The van der Waals surface area contributed by atoms with Gasteiger partial charge in [0.15, 0.2) is 12.1 Å². The Bertz CT molecular complexity index is 1370. The van der Waals surface area contributed by atoms with E-state index >= 15 is 4.39 Å². The van der Waals surface area contributed by atoms with Gasteiger partial charge in [-0.05, 0) is 25.2 Å². The lowest BCUT2D eigenvalue weighted by atomic mass is 10.1. The first-order chi connectivity index (χ1) is 16.0. The number of aldehydes is 1. The third-order valence-electron chi connectivity index (χ3n) is 5.93. The SMILES string of the molecule is COc1cc(C=O)c(F)c(N2CCN(C)Cc3c2ccc2ncc(-c4cnn(C)c4)nc32)c1. The van der Waals surface area contributed by atoms with Crippen LogP contribution in [0.2, 0.25) is 0 Å². The van der Waals surface area contributed by atoms with Crippen LogP contribution >= 0.6 is 0 Å². The summed E-state index contributed by atoms with van der Waals surface area (Å²) in [5, 5.41) is 4.23. The summed E-state index contributed by atoms with van der Waals surface area (Å²) in [6.07, 6.45) is 5.89. The number of nitrogens with zero attached hydrogens (tertiary/aromatic N) is 6. The lowest BCUT2D eigenvalue weighted by molar-refractivity contribution is 0.111. The van der Waals surface area contributed by atoms with Gasteiger partial charge in [0.2, 0.25) is 0 Å². The number of rotatable bonds is 4. The molecular formula is C24H23FN6O2. The van der Waals surface area contributed by atoms with Crippen LogP contribution in [-0.4, -0.2) is 58.2 Å². The number of hydrogen-bond donors (Lipinski definition) is 0. The van der Waals surface area contributed by atoms with Crippen LogP contribution in [0, 0.1) is 5.82 Å². The van der Waals surface area contributed by atoms with Gasteiger partial charge in [0.25, 0.3) is 0 Å². The first-order valence-corrected chi connectivity index (χ1v) is 10.5. The highest BCUT2D eigenvalue weighted by molar-refractivity contribution is 5.88. The molecule has 0 amide bonds. The summed E-state index contributed by atoms with van der Waals surface area (Å²) < 4.78 is 22.4. The van der Waals surface area contributed by atoms with Crippen molar-refractivity contribution in [3.63, 3.8) is 0 Å². The lowest BCUT2D eigenvalue weighted by Crippen LogP contribution is -2.27. The second kappa shape index (κ2) is 8.25. The number of aromatic nitrogens is 4. The van der Waals surface area contributed by atoms with Gasteiger partial charge in [0, 0.05) is 55.8 Å². The molecule has 0 spiro atoms. The Morgan fingerprint density at radius 1 is 1.12 bits per heavy atom. The van der Waals surface area contributed by atoms with Crippen molar-refractivity contribution < 1.29 is 13.9 Å². The highest BCUT2D eigenvalue weighted by Gasteiger charge is 2.26. The largest absolute Gasteiger partial charge is 0.497 e. The highest BCUT2D eigenvalue weighted by Crippen LogP contribution is 2.38. The van der Waals surface area contributed by atoms with Gasteiger partial charge in [0.05, 0.1) is 47.5 Å². The van der Waals surface area contributed by atoms with Crippen LogP contribution in [0.1, 0.15) is 15.9 Å². The maximum atomic E-state index is 15.3. The molecule has 168 valence electrons. The Morgan fingerprint density at radius 3 is 2.70 bits per heavy atom. The van der Waals surface area contributed by atoms with Gasteiger partial charge in [-0.25, -0.2) is 9.37 Å². The van der Waals surface area contributed by atoms with Crippen molar-refractivity contribution in [2.45, 2.75) is 6.54 Å². The Labute approximate surface area is 190 Å². The molecule has 3 heterocycles. The quantitative estimate of drug-likeness (QED) is 0.444. The molecule has 2 aromatic carbocycles. The number of aryl methyl sites for hydroxylation is 1. The van der Waals surface area contributed by atoms with Crippen molar-refractivity contribution in [2.24, 2.45) is 7.05 Å². The van der Waals surface area contributed by atoms with Gasteiger partial charge in [0.1, 0.15) is 5.75 Å². The van der Waals surface area contributed by atoms with Crippen LogP contribution in [0.15, 0.2) is 42.9 Å². The summed E-state index contributed by atoms with van der Waals surface area (Å²) in [4.78, 5) is 25.1. The van der Waals surface area contributed by atoms with Crippen LogP contribution in [0.3, 0.4) is 0 Å². The van der Waals surface area contributed by atoms with Gasteiger partial charge in [-0.2, -0.15) is 5.10 Å². The molecule has 0 saturated heterocycles. The molecule has 8 nitrogen and oxygen atoms in total. The minimum atomic E-state index is -0.573. The zero-order valence-corrected chi connectivity index (χ0v) is 18.6. The predicted molar refractivity (Wildman–Crippen MR) is 123 cm³/mol. The fourth-order valence-corrected chi connectivity index (χ4v) is 4.22. The first kappa shape index (κ1) is 21.0. The number of carbonyl (C=O) groups is 1. The fraction of sp³-hybridized carbons (Fsp3) is 0.250. The van der Waals surface area contributed by atoms with Crippen LogP contribution in [-0.2, 0) is 13.6 Å². The number of ether oxygens (including phenoxy) is 1. The molecule has 1 aliphatic heterocycles. The van der Waals surface area contributed by atoms with Gasteiger partial charge in [-0.3, -0.25) is 14.5 Å². The zero-order chi connectivity index (χ0) is 23.1. The van der Waals surface area contributed by atoms with E-state index in [9.17, 15) is 4.79 Å². The second-order valence-electron chi connectivity index (χ2n) is 8.15. The number of carbonyl (C=O) groups excluding carboxylic acids is 1. The fourth-order valence-electron chi connectivity index (χ4n) is 4.22. The molecule has 0 aliphatic carbocycles. The molecule has 0 radical (unpaired) electrons. The smallest absolute Gasteiger partial charge is 0.157 e. The highest BCUT2D eigenvalue weighted by atomic mass is 19.1. The Hall–Kier alpha value is -3.85. The maximum absolute atomic E-state index is 15.3. The van der Waals surface area contributed by atoms with Crippen LogP contribution in [0.4, 0.5) is 15.8 Å². The van der Waals surface area contributed by atoms with Crippen molar-refractivity contribution in [1.29, 1.82) is 0 Å². The van der Waals surface area contributed by atoms with Crippen molar-refractivity contribution >= 4 is 28.7 Å². The topological polar surface area (TPSA) is 76.4 Å². The van der Waals surface area contributed by atoms with Gasteiger partial charge >= 0.3 is 0 Å². The molecule has 0 saturated carbocycles. The Morgan fingerprint density at radius 2 is 1.97 bits per heavy atom. The molecule has 33 heavy (non-hydrogen) atoms. The van der Waals surface area contributed by atoms with Gasteiger partial charge in [-0.15, -0.1) is 0 Å². The lowest BCUT2D eigenvalue weighted by Gasteiger charge is -2.26. The number of anilines is 2. The van der Waals surface area contributed by atoms with Crippen molar-refractivity contribution in [2.75, 3.05) is 32.1 Å². The van der Waals surface area contributed by atoms with Gasteiger partial charge < -0.3 is 14.5 Å². The minimum absolute atomic E-state index is 0.0389. The summed E-state index contributed by atoms with van der Waals surface area (Å²) >= 11 is 0. The number of likely N-dealkylation sites (N-methyl/N-ethyl adjacent to an activating group) is 1. The van der Waals surface area contributed by atoms with Crippen LogP contribution < -0.4 is 9.64 Å². The van der Waals surface area contributed by atoms with Crippen LogP contribution in [0.5, 0.6) is 5.75 Å². The molecule has 2 aromatic heterocycles. The standard InChI is InChI=1S/C24H23FN6O2/c1-29-6-7-31(22-9-17(33-3)8-15(14-32)23(22)25)21-5-4-19-24(18(21)13-29)28-20(11-26-19)16-10-27-30(2)12-16/h4-5,8-12,14H,6-7,13H2,1-3H3. The molecular weight excluding hydrogens is 423 g/mol. The minimum Gasteiger partial charge on any atom is -0.497 e. The maximum Gasteiger partial charge on any atom is 0.157 e. The van der Waals surface area contributed by atoms with E-state index < -0.39 is 5.82 Å². The average Bonchev–Trinajstić information content (AvgIpc) is 3.18. The molecule has 4 aromatic rings. The summed E-state index contributed by atoms with van der Waals surface area (Å²) in [5.41, 5.74) is 5.14. The summed E-state index contributed by atoms with van der Waals surface area (Å²) in [6.45, 7) is 1.85. The van der Waals surface area contributed by atoms with E-state index in [0.29, 0.717) is 37.4 Å². The van der Waals surface area contributed by atoms with E-state index in [4.69, 9.17) is 9.72 Å². The third kappa shape index (κ3) is 3.70. The van der Waals surface area contributed by atoms with Crippen molar-refractivity contribution in [1.82, 2.24) is 24.6 Å². The molecule has 0 unspecified atom stereocenters. The predicted octanol–water partition coefficient (Wildman–Crippen LogP) is 3.57. The van der Waals surface area contributed by atoms with Crippen molar-refractivity contribution in [3.8, 4) is 17.0 Å². The second-order valence-corrected chi connectivity index (χ2v) is 8.15. The molecule has 0 fully saturated rings. The van der Waals surface area contributed by atoms with Crippen molar-refractivity contribution in [3.05, 3.63) is 59.8 Å². The molecule has 0 atom stereocenters. The zero-order valence-electron chi connectivity index (χ0n) is 18.6. The molecule has 5 rings (SSSR count). The van der Waals surface area contributed by atoms with Gasteiger partial charge in [-0.1, -0.05) is 0 Å². The van der Waals surface area contributed by atoms with E-state index in [2.05, 4.69) is 15.0 Å². The van der Waals surface area contributed by atoms with E-state index in [1.165, 1.54) is 13.2 Å². The normalized spacial score (nSPS) is 14.2. The molecule has 9 heteroatoms. The third-order valence-corrected chi connectivity index (χ3v) is 5.93. The summed E-state index contributed by atoms with van der Waals surface area (Å²) in [6, 6.07) is 6.86. The van der Waals surface area contributed by atoms with E-state index in [-0.39, 0.29) is 5.56 Å². The summed E-state index contributed by atoms with van der Waals surface area (Å²) in [7, 11) is 5.37. The first-order valence-electron chi connectivity index (χ1n) is 10.5. The van der Waals surface area contributed by atoms with E-state index in [1.807, 2.05) is 37.3 Å². The van der Waals surface area contributed by atoms with E-state index in [0.717, 1.165) is 33.5 Å². The Balaban J connectivity index is 1.72. The monoisotopic (exact) mass is 446 g/mol. The number of benzene rings is 2. The number of fused-ring (bicyclic) bond motifs is 3. The molecule has 1 aliphatic rings. The number of hydrogen-bond acceptors (Lipinski definition) is 7. The van der Waals surface area contributed by atoms with E-state index in [1.54, 1.807) is 23.1 Å². The molecule has 0 bridgehead atoms.